The van der Waals surface area contributed by atoms with Crippen LogP contribution in [0.3, 0.4) is 0 Å². The lowest BCUT2D eigenvalue weighted by Crippen LogP contribution is -2.29. The highest BCUT2D eigenvalue weighted by Gasteiger charge is 2.45. The summed E-state index contributed by atoms with van der Waals surface area (Å²) >= 11 is 0. The fraction of sp³-hybridized carbons (Fsp3) is 0.533. The van der Waals surface area contributed by atoms with Crippen LogP contribution in [-0.4, -0.2) is 27.2 Å². The highest BCUT2D eigenvalue weighted by molar-refractivity contribution is 5.82. The first kappa shape index (κ1) is 13.9. The van der Waals surface area contributed by atoms with Crippen LogP contribution in [0.25, 0.3) is 0 Å². The molecule has 0 bridgehead atoms. The zero-order valence-corrected chi connectivity index (χ0v) is 12.3. The molecule has 1 aliphatic rings. The van der Waals surface area contributed by atoms with Gasteiger partial charge in [0.2, 0.25) is 5.91 Å². The first-order chi connectivity index (χ1) is 10.2. The smallest absolute Gasteiger partial charge is 0.223 e. The monoisotopic (exact) mass is 288 g/mol. The van der Waals surface area contributed by atoms with Crippen molar-refractivity contribution in [3.63, 3.8) is 0 Å². The predicted octanol–water partition coefficient (Wildman–Crippen LogP) is 1.91. The number of nitrogens with one attached hydrogen (secondary N) is 1. The largest absolute Gasteiger partial charge is 0.469 e. The molecule has 2 aromatic heterocycles. The zero-order valence-electron chi connectivity index (χ0n) is 12.3. The Labute approximate surface area is 123 Å². The summed E-state index contributed by atoms with van der Waals surface area (Å²) in [4.78, 5) is 12.1. The van der Waals surface area contributed by atoms with Crippen LogP contribution in [0, 0.1) is 5.92 Å². The molecule has 2 unspecified atom stereocenters. The van der Waals surface area contributed by atoms with Crippen molar-refractivity contribution in [3.8, 4) is 0 Å². The van der Waals surface area contributed by atoms with E-state index in [-0.39, 0.29) is 17.7 Å². The standard InChI is InChI=1S/C15H20N4O2/c1-10(2)14-18-17-9-19(14)6-5-16-15(20)12-8-11(12)13-4-3-7-21-13/h3-4,7,9-12H,5-6,8H2,1-2H3,(H,16,20). The van der Waals surface area contributed by atoms with Crippen molar-refractivity contribution < 1.29 is 9.21 Å². The maximum atomic E-state index is 12.1. The molecule has 1 aliphatic carbocycles. The van der Waals surface area contributed by atoms with Gasteiger partial charge in [0.15, 0.2) is 0 Å². The molecule has 2 atom stereocenters. The summed E-state index contributed by atoms with van der Waals surface area (Å²) in [6, 6.07) is 3.80. The van der Waals surface area contributed by atoms with Gasteiger partial charge in [-0.2, -0.15) is 0 Å². The predicted molar refractivity (Wildman–Crippen MR) is 76.7 cm³/mol. The molecule has 3 rings (SSSR count). The Balaban J connectivity index is 1.46. The first-order valence-corrected chi connectivity index (χ1v) is 7.35. The Bertz CT molecular complexity index is 603. The number of amides is 1. The zero-order chi connectivity index (χ0) is 14.8. The molecule has 6 nitrogen and oxygen atoms in total. The first-order valence-electron chi connectivity index (χ1n) is 7.35. The maximum Gasteiger partial charge on any atom is 0.223 e. The van der Waals surface area contributed by atoms with Gasteiger partial charge in [-0.1, -0.05) is 13.8 Å². The molecule has 1 saturated carbocycles. The van der Waals surface area contributed by atoms with Crippen molar-refractivity contribution in [1.29, 1.82) is 0 Å². The average Bonchev–Trinajstić information content (AvgIpc) is 2.90. The molecule has 21 heavy (non-hydrogen) atoms. The number of hydrogen-bond donors (Lipinski definition) is 1. The molecule has 2 aromatic rings. The van der Waals surface area contributed by atoms with Gasteiger partial charge in [-0.25, -0.2) is 0 Å². The van der Waals surface area contributed by atoms with Crippen LogP contribution in [0.4, 0.5) is 0 Å². The van der Waals surface area contributed by atoms with E-state index < -0.39 is 0 Å². The molecule has 2 heterocycles. The van der Waals surface area contributed by atoms with Gasteiger partial charge in [0, 0.05) is 30.8 Å². The van der Waals surface area contributed by atoms with E-state index in [0.29, 0.717) is 19.0 Å². The second kappa shape index (κ2) is 5.71. The van der Waals surface area contributed by atoms with Crippen molar-refractivity contribution in [2.45, 2.75) is 38.6 Å². The van der Waals surface area contributed by atoms with Gasteiger partial charge < -0.3 is 14.3 Å². The lowest BCUT2D eigenvalue weighted by Gasteiger charge is -2.09. The highest BCUT2D eigenvalue weighted by atomic mass is 16.3. The third kappa shape index (κ3) is 2.99. The van der Waals surface area contributed by atoms with Gasteiger partial charge in [-0.05, 0) is 18.6 Å². The van der Waals surface area contributed by atoms with Gasteiger partial charge in [0.05, 0.1) is 6.26 Å². The normalized spacial score (nSPS) is 20.7. The Morgan fingerprint density at radius 1 is 1.57 bits per heavy atom. The van der Waals surface area contributed by atoms with Crippen LogP contribution in [0.15, 0.2) is 29.1 Å². The van der Waals surface area contributed by atoms with Gasteiger partial charge in [0.1, 0.15) is 17.9 Å². The van der Waals surface area contributed by atoms with E-state index >= 15 is 0 Å². The Morgan fingerprint density at radius 2 is 2.43 bits per heavy atom. The second-order valence-corrected chi connectivity index (χ2v) is 5.79. The van der Waals surface area contributed by atoms with Gasteiger partial charge in [0.25, 0.3) is 0 Å². The van der Waals surface area contributed by atoms with E-state index in [1.165, 1.54) is 0 Å². The number of carbonyl (C=O) groups excluding carboxylic acids is 1. The van der Waals surface area contributed by atoms with E-state index in [1.54, 1.807) is 12.6 Å². The summed E-state index contributed by atoms with van der Waals surface area (Å²) in [6.07, 6.45) is 4.25. The van der Waals surface area contributed by atoms with Crippen LogP contribution in [0.2, 0.25) is 0 Å². The summed E-state index contributed by atoms with van der Waals surface area (Å²) in [6.45, 7) is 5.46. The van der Waals surface area contributed by atoms with E-state index in [2.05, 4.69) is 29.4 Å². The number of rotatable bonds is 6. The Hall–Kier alpha value is -2.11. The highest BCUT2D eigenvalue weighted by Crippen LogP contribution is 2.47. The van der Waals surface area contributed by atoms with Crippen molar-refractivity contribution in [1.82, 2.24) is 20.1 Å². The molecule has 0 aromatic carbocycles. The van der Waals surface area contributed by atoms with E-state index in [0.717, 1.165) is 18.0 Å². The third-order valence-corrected chi connectivity index (χ3v) is 3.85. The van der Waals surface area contributed by atoms with Crippen molar-refractivity contribution in [2.24, 2.45) is 5.92 Å². The Morgan fingerprint density at radius 3 is 3.14 bits per heavy atom. The number of hydrogen-bond acceptors (Lipinski definition) is 4. The summed E-state index contributed by atoms with van der Waals surface area (Å²) in [5, 5.41) is 11.0. The van der Waals surface area contributed by atoms with Gasteiger partial charge >= 0.3 is 0 Å². The topological polar surface area (TPSA) is 73.0 Å². The van der Waals surface area contributed by atoms with Crippen molar-refractivity contribution in [3.05, 3.63) is 36.3 Å². The lowest BCUT2D eigenvalue weighted by molar-refractivity contribution is -0.122. The minimum Gasteiger partial charge on any atom is -0.469 e. The minimum atomic E-state index is 0.0571. The number of carbonyl (C=O) groups is 1. The number of aromatic nitrogens is 3. The quantitative estimate of drug-likeness (QED) is 0.881. The van der Waals surface area contributed by atoms with E-state index in [4.69, 9.17) is 4.42 Å². The lowest BCUT2D eigenvalue weighted by atomic mass is 10.2. The fourth-order valence-electron chi connectivity index (χ4n) is 2.62. The SMILES string of the molecule is CC(C)c1nncn1CCNC(=O)C1CC1c1ccco1. The van der Waals surface area contributed by atoms with E-state index in [1.807, 2.05) is 16.7 Å². The van der Waals surface area contributed by atoms with Crippen LogP contribution in [0.1, 0.15) is 43.7 Å². The molecule has 0 aliphatic heterocycles. The molecule has 112 valence electrons. The molecule has 0 saturated heterocycles. The summed E-state index contributed by atoms with van der Waals surface area (Å²) < 4.78 is 7.33. The fourth-order valence-corrected chi connectivity index (χ4v) is 2.62. The van der Waals surface area contributed by atoms with E-state index in [9.17, 15) is 4.79 Å². The molecule has 0 radical (unpaired) electrons. The molecule has 0 spiro atoms. The molecule has 1 fully saturated rings. The molecule has 6 heteroatoms. The molecule has 1 amide bonds. The van der Waals surface area contributed by atoms with Crippen LogP contribution in [-0.2, 0) is 11.3 Å². The van der Waals surface area contributed by atoms with Gasteiger partial charge in [-0.3, -0.25) is 4.79 Å². The van der Waals surface area contributed by atoms with Crippen LogP contribution < -0.4 is 5.32 Å². The number of nitrogens with zero attached hydrogens (tertiary/aromatic N) is 3. The average molecular weight is 288 g/mol. The van der Waals surface area contributed by atoms with Crippen molar-refractivity contribution in [2.75, 3.05) is 6.54 Å². The third-order valence-electron chi connectivity index (χ3n) is 3.85. The summed E-state index contributed by atoms with van der Waals surface area (Å²) in [5.74, 6) is 2.61. The van der Waals surface area contributed by atoms with Gasteiger partial charge in [-0.15, -0.1) is 10.2 Å². The Kier molecular flexibility index (Phi) is 3.77. The minimum absolute atomic E-state index is 0.0571. The molecule has 1 N–H and O–H groups in total. The number of furan rings is 1. The summed E-state index contributed by atoms with van der Waals surface area (Å²) in [5.41, 5.74) is 0. The van der Waals surface area contributed by atoms with Crippen LogP contribution in [0.5, 0.6) is 0 Å². The van der Waals surface area contributed by atoms with Crippen molar-refractivity contribution >= 4 is 5.91 Å². The molecular formula is C15H20N4O2. The summed E-state index contributed by atoms with van der Waals surface area (Å²) in [7, 11) is 0. The van der Waals surface area contributed by atoms with Crippen LogP contribution >= 0.6 is 0 Å². The second-order valence-electron chi connectivity index (χ2n) is 5.79. The maximum absolute atomic E-state index is 12.1. The molecular weight excluding hydrogens is 268 g/mol.